The highest BCUT2D eigenvalue weighted by Gasteiger charge is 2.22. The molecule has 0 spiro atoms. The minimum atomic E-state index is -0.341. The maximum atomic E-state index is 12.6. The first kappa shape index (κ1) is 27.2. The van der Waals surface area contributed by atoms with Crippen molar-refractivity contribution in [1.82, 2.24) is 14.9 Å². The van der Waals surface area contributed by atoms with E-state index in [0.29, 0.717) is 18.1 Å². The van der Waals surface area contributed by atoms with Crippen LogP contribution in [0.4, 0.5) is 11.5 Å². The number of aliphatic hydroxyl groups is 1. The maximum Gasteiger partial charge on any atom is 0.248 e. The molecule has 3 N–H and O–H groups in total. The Morgan fingerprint density at radius 2 is 1.70 bits per heavy atom. The molecule has 0 aliphatic rings. The average Bonchev–Trinajstić information content (AvgIpc) is 3.37. The van der Waals surface area contributed by atoms with E-state index in [1.165, 1.54) is 0 Å². The van der Waals surface area contributed by atoms with Crippen LogP contribution in [0, 0.1) is 0 Å². The molecule has 5 rings (SSSR count). The topological polar surface area (TPSA) is 90.4 Å². The number of benzene rings is 3. The molecule has 0 aliphatic carbocycles. The van der Waals surface area contributed by atoms with Gasteiger partial charge in [0.2, 0.25) is 5.91 Å². The summed E-state index contributed by atoms with van der Waals surface area (Å²) in [6.45, 7) is 0.589. The van der Waals surface area contributed by atoms with Crippen molar-refractivity contribution in [2.24, 2.45) is 0 Å². The van der Waals surface area contributed by atoms with E-state index in [4.69, 9.17) is 0 Å². The number of carbonyl (C=O) groups excluding carboxylic acids is 1. The van der Waals surface area contributed by atoms with Crippen LogP contribution in [0.1, 0.15) is 11.6 Å². The Bertz CT molecular complexity index is 1620. The quantitative estimate of drug-likeness (QED) is 0.179. The van der Waals surface area contributed by atoms with Crippen molar-refractivity contribution >= 4 is 39.0 Å². The number of nitrogens with one attached hydrogen (secondary N) is 2. The fourth-order valence-electron chi connectivity index (χ4n) is 4.50. The second kappa shape index (κ2) is 12.7. The van der Waals surface area contributed by atoms with Gasteiger partial charge in [-0.25, -0.2) is 9.97 Å². The van der Waals surface area contributed by atoms with Crippen LogP contribution < -0.4 is 10.6 Å². The number of hydrogen-bond donors (Lipinski definition) is 3. The summed E-state index contributed by atoms with van der Waals surface area (Å²) >= 11 is 1.59. The van der Waals surface area contributed by atoms with Crippen molar-refractivity contribution in [2.45, 2.75) is 6.04 Å². The normalized spacial score (nSPS) is 12.2. The molecule has 0 fully saturated rings. The smallest absolute Gasteiger partial charge is 0.248 e. The standard InChI is InChI=1S/C32H31N5O2S/c1-37(2)18-10-17-27(39)35-25-16-9-15-24(19-25)28-29-31(36-26(20-38)22-11-5-3-6-12-22)33-21-34-32(29)40-30(28)23-13-7-4-8-14-23/h3-17,19,21,26,38H,18,20H2,1-2H3,(H,35,39)(H,33,34,36)/t26-/m1/s1. The Balaban J connectivity index is 1.60. The van der Waals surface area contributed by atoms with Gasteiger partial charge in [0.15, 0.2) is 0 Å². The number of carbonyl (C=O) groups is 1. The van der Waals surface area contributed by atoms with Gasteiger partial charge in [0.05, 0.1) is 18.0 Å². The van der Waals surface area contributed by atoms with Gasteiger partial charge in [-0.15, -0.1) is 11.3 Å². The number of anilines is 2. The molecule has 0 unspecified atom stereocenters. The zero-order chi connectivity index (χ0) is 27.9. The van der Waals surface area contributed by atoms with Crippen LogP contribution in [0.25, 0.3) is 31.8 Å². The van der Waals surface area contributed by atoms with Gasteiger partial charge < -0.3 is 20.6 Å². The number of aliphatic hydroxyl groups excluding tert-OH is 1. The van der Waals surface area contributed by atoms with Crippen molar-refractivity contribution in [3.63, 3.8) is 0 Å². The summed E-state index contributed by atoms with van der Waals surface area (Å²) in [5.74, 6) is 0.458. The lowest BCUT2D eigenvalue weighted by Gasteiger charge is -2.18. The Morgan fingerprint density at radius 3 is 2.42 bits per heavy atom. The lowest BCUT2D eigenvalue weighted by molar-refractivity contribution is -0.111. The molecule has 0 saturated carbocycles. The summed E-state index contributed by atoms with van der Waals surface area (Å²) in [4.78, 5) is 25.7. The first-order chi connectivity index (χ1) is 19.5. The Morgan fingerprint density at radius 1 is 0.975 bits per heavy atom. The summed E-state index contributed by atoms with van der Waals surface area (Å²) in [7, 11) is 3.91. The average molecular weight is 550 g/mol. The molecule has 2 aromatic heterocycles. The highest BCUT2D eigenvalue weighted by Crippen LogP contribution is 2.46. The molecular weight excluding hydrogens is 518 g/mol. The van der Waals surface area contributed by atoms with E-state index >= 15 is 0 Å². The Kier molecular flexibility index (Phi) is 8.61. The fourth-order valence-corrected chi connectivity index (χ4v) is 5.67. The largest absolute Gasteiger partial charge is 0.394 e. The molecule has 8 heteroatoms. The molecule has 40 heavy (non-hydrogen) atoms. The monoisotopic (exact) mass is 549 g/mol. The number of aromatic nitrogens is 2. The summed E-state index contributed by atoms with van der Waals surface area (Å²) < 4.78 is 0. The minimum Gasteiger partial charge on any atom is -0.394 e. The molecule has 0 radical (unpaired) electrons. The third kappa shape index (κ3) is 6.26. The predicted molar refractivity (Wildman–Crippen MR) is 165 cm³/mol. The number of thiophene rings is 1. The van der Waals surface area contributed by atoms with Gasteiger partial charge in [0.25, 0.3) is 0 Å². The van der Waals surface area contributed by atoms with Crippen LogP contribution in [0.15, 0.2) is 103 Å². The van der Waals surface area contributed by atoms with Crippen LogP contribution in [0.5, 0.6) is 0 Å². The second-order valence-electron chi connectivity index (χ2n) is 9.60. The number of nitrogens with zero attached hydrogens (tertiary/aromatic N) is 3. The van der Waals surface area contributed by atoms with Crippen molar-refractivity contribution in [2.75, 3.05) is 37.9 Å². The van der Waals surface area contributed by atoms with E-state index in [2.05, 4.69) is 32.7 Å². The lowest BCUT2D eigenvalue weighted by atomic mass is 9.99. The van der Waals surface area contributed by atoms with E-state index in [9.17, 15) is 9.90 Å². The lowest BCUT2D eigenvalue weighted by Crippen LogP contribution is -2.15. The summed E-state index contributed by atoms with van der Waals surface area (Å²) in [6.07, 6.45) is 4.94. The molecule has 1 atom stereocenters. The molecule has 7 nitrogen and oxygen atoms in total. The van der Waals surface area contributed by atoms with Crippen LogP contribution in [-0.4, -0.2) is 53.1 Å². The molecule has 5 aromatic rings. The molecule has 0 saturated heterocycles. The molecular formula is C32H31N5O2S. The number of likely N-dealkylation sites (N-methyl/N-ethyl adjacent to an activating group) is 1. The van der Waals surface area contributed by atoms with E-state index in [-0.39, 0.29) is 18.6 Å². The van der Waals surface area contributed by atoms with Crippen LogP contribution in [0.3, 0.4) is 0 Å². The second-order valence-corrected chi connectivity index (χ2v) is 10.6. The van der Waals surface area contributed by atoms with E-state index in [1.54, 1.807) is 23.7 Å². The van der Waals surface area contributed by atoms with E-state index in [1.807, 2.05) is 97.9 Å². The van der Waals surface area contributed by atoms with Gasteiger partial charge in [0.1, 0.15) is 17.0 Å². The molecule has 3 aromatic carbocycles. The first-order valence-corrected chi connectivity index (χ1v) is 13.8. The molecule has 0 aliphatic heterocycles. The first-order valence-electron chi connectivity index (χ1n) is 13.0. The number of fused-ring (bicyclic) bond motifs is 1. The third-order valence-corrected chi connectivity index (χ3v) is 7.53. The molecule has 1 amide bonds. The van der Waals surface area contributed by atoms with E-state index < -0.39 is 0 Å². The summed E-state index contributed by atoms with van der Waals surface area (Å²) in [5, 5.41) is 17.6. The third-order valence-electron chi connectivity index (χ3n) is 6.38. The SMILES string of the molecule is CN(C)CC=CC(=O)Nc1cccc(-c2c(-c3ccccc3)sc3ncnc(N[C@H](CO)c4ccccc4)c23)c1. The van der Waals surface area contributed by atoms with E-state index in [0.717, 1.165) is 37.3 Å². The van der Waals surface area contributed by atoms with Crippen molar-refractivity contribution in [1.29, 1.82) is 0 Å². The Hall–Kier alpha value is -4.37. The highest BCUT2D eigenvalue weighted by molar-refractivity contribution is 7.22. The Labute approximate surface area is 237 Å². The minimum absolute atomic E-state index is 0.0939. The van der Waals surface area contributed by atoms with Crippen molar-refractivity contribution in [3.05, 3.63) is 109 Å². The molecule has 2 heterocycles. The van der Waals surface area contributed by atoms with Gasteiger partial charge >= 0.3 is 0 Å². The number of hydrogen-bond acceptors (Lipinski definition) is 7. The van der Waals surface area contributed by atoms with Crippen LogP contribution >= 0.6 is 11.3 Å². The van der Waals surface area contributed by atoms with Crippen LogP contribution in [-0.2, 0) is 4.79 Å². The van der Waals surface area contributed by atoms with Gasteiger partial charge in [-0.3, -0.25) is 4.79 Å². The predicted octanol–water partition coefficient (Wildman–Crippen LogP) is 6.23. The van der Waals surface area contributed by atoms with Gasteiger partial charge in [-0.05, 0) is 42.9 Å². The number of rotatable bonds is 10. The highest BCUT2D eigenvalue weighted by atomic mass is 32.1. The maximum absolute atomic E-state index is 12.6. The fraction of sp³-hybridized carbons (Fsp3) is 0.156. The van der Waals surface area contributed by atoms with Crippen molar-refractivity contribution in [3.8, 4) is 21.6 Å². The summed E-state index contributed by atoms with van der Waals surface area (Å²) in [5.41, 5.74) is 4.62. The zero-order valence-electron chi connectivity index (χ0n) is 22.4. The van der Waals surface area contributed by atoms with Crippen LogP contribution in [0.2, 0.25) is 0 Å². The molecule has 202 valence electrons. The zero-order valence-corrected chi connectivity index (χ0v) is 23.2. The summed E-state index contributed by atoms with van der Waals surface area (Å²) in [6, 6.07) is 27.5. The van der Waals surface area contributed by atoms with Gasteiger partial charge in [-0.2, -0.15) is 0 Å². The van der Waals surface area contributed by atoms with Crippen molar-refractivity contribution < 1.29 is 9.90 Å². The number of amides is 1. The molecule has 0 bridgehead atoms. The van der Waals surface area contributed by atoms with Gasteiger partial charge in [0, 0.05) is 28.7 Å². The van der Waals surface area contributed by atoms with Gasteiger partial charge in [-0.1, -0.05) is 78.9 Å².